The zero-order chi connectivity index (χ0) is 22.1. The predicted molar refractivity (Wildman–Crippen MR) is 121 cm³/mol. The molecular weight excluding hydrogens is 448 g/mol. The molecule has 2 amide bonds. The quantitative estimate of drug-likeness (QED) is 0.558. The van der Waals surface area contributed by atoms with Gasteiger partial charge >= 0.3 is 0 Å². The summed E-state index contributed by atoms with van der Waals surface area (Å²) in [6, 6.07) is 14.1. The average Bonchev–Trinajstić information content (AvgIpc) is 2.75. The Bertz CT molecular complexity index is 841. The van der Waals surface area contributed by atoms with Gasteiger partial charge in [0.05, 0.1) is 7.11 Å². The second-order valence-electron chi connectivity index (χ2n) is 7.11. The van der Waals surface area contributed by atoms with Gasteiger partial charge in [-0.05, 0) is 62.2 Å². The highest BCUT2D eigenvalue weighted by molar-refractivity contribution is 9.10. The molecule has 0 radical (unpaired) electrons. The molecular formula is C23H29BrN2O4. The van der Waals surface area contributed by atoms with Crippen LogP contribution in [0.5, 0.6) is 11.5 Å². The third-order valence-electron chi connectivity index (χ3n) is 4.83. The van der Waals surface area contributed by atoms with Crippen molar-refractivity contribution in [2.75, 3.05) is 13.7 Å². The van der Waals surface area contributed by atoms with E-state index in [-0.39, 0.29) is 24.5 Å². The molecule has 0 aliphatic heterocycles. The van der Waals surface area contributed by atoms with Crippen molar-refractivity contribution in [3.8, 4) is 11.5 Å². The second-order valence-corrected chi connectivity index (χ2v) is 8.03. The van der Waals surface area contributed by atoms with E-state index in [0.29, 0.717) is 18.0 Å². The van der Waals surface area contributed by atoms with Crippen LogP contribution in [0.2, 0.25) is 0 Å². The third kappa shape index (κ3) is 7.06. The van der Waals surface area contributed by atoms with E-state index < -0.39 is 6.04 Å². The molecule has 1 N–H and O–H groups in total. The first-order valence-corrected chi connectivity index (χ1v) is 10.7. The molecule has 0 spiro atoms. The fourth-order valence-corrected chi connectivity index (χ4v) is 3.23. The maximum atomic E-state index is 13.0. The topological polar surface area (TPSA) is 67.9 Å². The number of nitrogens with zero attached hydrogens (tertiary/aromatic N) is 1. The van der Waals surface area contributed by atoms with Gasteiger partial charge in [-0.2, -0.15) is 0 Å². The Balaban J connectivity index is 2.13. The van der Waals surface area contributed by atoms with Crippen LogP contribution in [-0.4, -0.2) is 42.5 Å². The Labute approximate surface area is 186 Å². The minimum absolute atomic E-state index is 0.0401. The zero-order valence-electron chi connectivity index (χ0n) is 17.9. The zero-order valence-corrected chi connectivity index (χ0v) is 19.4. The second kappa shape index (κ2) is 11.6. The van der Waals surface area contributed by atoms with Crippen LogP contribution in [0.3, 0.4) is 0 Å². The molecule has 0 saturated carbocycles. The number of methoxy groups -OCH3 is 1. The molecule has 2 atom stereocenters. The minimum atomic E-state index is -0.634. The van der Waals surface area contributed by atoms with Gasteiger partial charge in [-0.15, -0.1) is 0 Å². The van der Waals surface area contributed by atoms with Crippen molar-refractivity contribution in [2.45, 2.75) is 45.8 Å². The number of amides is 2. The number of carbonyl (C=O) groups is 2. The van der Waals surface area contributed by atoms with E-state index in [1.54, 1.807) is 43.2 Å². The van der Waals surface area contributed by atoms with Crippen LogP contribution in [0.25, 0.3) is 0 Å². The highest BCUT2D eigenvalue weighted by Crippen LogP contribution is 2.18. The van der Waals surface area contributed by atoms with Crippen molar-refractivity contribution in [3.05, 3.63) is 58.6 Å². The monoisotopic (exact) mass is 476 g/mol. The fourth-order valence-electron chi connectivity index (χ4n) is 2.78. The Kier molecular flexibility index (Phi) is 9.17. The lowest BCUT2D eigenvalue weighted by molar-refractivity contribution is -0.142. The molecule has 0 aliphatic carbocycles. The van der Waals surface area contributed by atoms with Crippen molar-refractivity contribution in [1.29, 1.82) is 0 Å². The van der Waals surface area contributed by atoms with Crippen molar-refractivity contribution in [3.63, 3.8) is 0 Å². The molecule has 0 aliphatic rings. The maximum absolute atomic E-state index is 13.0. The molecule has 6 nitrogen and oxygen atoms in total. The normalized spacial score (nSPS) is 12.6. The summed E-state index contributed by atoms with van der Waals surface area (Å²) in [4.78, 5) is 27.3. The summed E-state index contributed by atoms with van der Waals surface area (Å²) in [5.74, 6) is 0.818. The van der Waals surface area contributed by atoms with Gasteiger partial charge in [0.15, 0.2) is 6.61 Å². The standard InChI is InChI=1S/C23H29BrN2O4/c1-5-16(2)25-23(28)17(3)26(14-18-7-6-8-19(24)13-18)22(27)15-30-21-11-9-20(29-4)10-12-21/h6-13,16-17H,5,14-15H2,1-4H3,(H,25,28)/t16-,17+/m1/s1. The van der Waals surface area contributed by atoms with Crippen molar-refractivity contribution in [1.82, 2.24) is 10.2 Å². The van der Waals surface area contributed by atoms with E-state index in [1.807, 2.05) is 38.1 Å². The Morgan fingerprint density at radius 1 is 1.10 bits per heavy atom. The summed E-state index contributed by atoms with van der Waals surface area (Å²) >= 11 is 3.45. The van der Waals surface area contributed by atoms with Gasteiger partial charge in [-0.25, -0.2) is 0 Å². The Morgan fingerprint density at radius 2 is 1.77 bits per heavy atom. The lowest BCUT2D eigenvalue weighted by Gasteiger charge is -2.29. The van der Waals surface area contributed by atoms with Gasteiger partial charge in [-0.3, -0.25) is 9.59 Å². The lowest BCUT2D eigenvalue weighted by Crippen LogP contribution is -2.50. The van der Waals surface area contributed by atoms with Crippen molar-refractivity contribution < 1.29 is 19.1 Å². The molecule has 0 unspecified atom stereocenters. The summed E-state index contributed by atoms with van der Waals surface area (Å²) < 4.78 is 11.7. The third-order valence-corrected chi connectivity index (χ3v) is 5.33. The van der Waals surface area contributed by atoms with Gasteiger partial charge in [0, 0.05) is 17.1 Å². The predicted octanol–water partition coefficient (Wildman–Crippen LogP) is 4.17. The summed E-state index contributed by atoms with van der Waals surface area (Å²) in [5.41, 5.74) is 0.922. The first kappa shape index (κ1) is 23.7. The number of benzene rings is 2. The molecule has 0 bridgehead atoms. The molecule has 162 valence electrons. The summed E-state index contributed by atoms with van der Waals surface area (Å²) in [6.45, 7) is 5.82. The lowest BCUT2D eigenvalue weighted by atomic mass is 10.1. The molecule has 7 heteroatoms. The van der Waals surface area contributed by atoms with Crippen LogP contribution in [0.4, 0.5) is 0 Å². The maximum Gasteiger partial charge on any atom is 0.261 e. The van der Waals surface area contributed by atoms with E-state index in [2.05, 4.69) is 21.2 Å². The van der Waals surface area contributed by atoms with E-state index in [1.165, 1.54) is 0 Å². The van der Waals surface area contributed by atoms with Crippen LogP contribution in [-0.2, 0) is 16.1 Å². The van der Waals surface area contributed by atoms with E-state index >= 15 is 0 Å². The number of rotatable bonds is 10. The smallest absolute Gasteiger partial charge is 0.261 e. The molecule has 30 heavy (non-hydrogen) atoms. The number of ether oxygens (including phenoxy) is 2. The summed E-state index contributed by atoms with van der Waals surface area (Å²) in [7, 11) is 1.59. The average molecular weight is 477 g/mol. The Hall–Kier alpha value is -2.54. The number of nitrogens with one attached hydrogen (secondary N) is 1. The molecule has 2 aromatic carbocycles. The highest BCUT2D eigenvalue weighted by Gasteiger charge is 2.27. The van der Waals surface area contributed by atoms with Crippen LogP contribution >= 0.6 is 15.9 Å². The first-order valence-electron chi connectivity index (χ1n) is 9.95. The molecule has 2 rings (SSSR count). The summed E-state index contributed by atoms with van der Waals surface area (Å²) in [6.07, 6.45) is 0.818. The largest absolute Gasteiger partial charge is 0.497 e. The van der Waals surface area contributed by atoms with E-state index in [4.69, 9.17) is 9.47 Å². The fraction of sp³-hybridized carbons (Fsp3) is 0.391. The van der Waals surface area contributed by atoms with Gasteiger partial charge in [0.1, 0.15) is 17.5 Å². The van der Waals surface area contributed by atoms with Crippen LogP contribution in [0.15, 0.2) is 53.0 Å². The van der Waals surface area contributed by atoms with Gasteiger partial charge < -0.3 is 19.7 Å². The highest BCUT2D eigenvalue weighted by atomic mass is 79.9. The molecule has 2 aromatic rings. The van der Waals surface area contributed by atoms with Crippen LogP contribution in [0.1, 0.15) is 32.8 Å². The van der Waals surface area contributed by atoms with Crippen molar-refractivity contribution in [2.24, 2.45) is 0 Å². The van der Waals surface area contributed by atoms with Crippen molar-refractivity contribution >= 4 is 27.7 Å². The molecule has 0 saturated heterocycles. The van der Waals surface area contributed by atoms with Gasteiger partial charge in [0.2, 0.25) is 5.91 Å². The molecule has 0 heterocycles. The minimum Gasteiger partial charge on any atom is -0.497 e. The molecule has 0 aromatic heterocycles. The number of carbonyl (C=O) groups excluding carboxylic acids is 2. The molecule has 0 fully saturated rings. The SMILES string of the molecule is CC[C@@H](C)NC(=O)[C@H](C)N(Cc1cccc(Br)c1)C(=O)COc1ccc(OC)cc1. The summed E-state index contributed by atoms with van der Waals surface area (Å²) in [5, 5.41) is 2.95. The van der Waals surface area contributed by atoms with Gasteiger partial charge in [0.25, 0.3) is 5.91 Å². The Morgan fingerprint density at radius 3 is 2.37 bits per heavy atom. The van der Waals surface area contributed by atoms with Crippen LogP contribution in [0, 0.1) is 0 Å². The number of hydrogen-bond donors (Lipinski definition) is 1. The number of halogens is 1. The van der Waals surface area contributed by atoms with Gasteiger partial charge in [-0.1, -0.05) is 35.0 Å². The first-order chi connectivity index (χ1) is 14.3. The number of hydrogen-bond acceptors (Lipinski definition) is 4. The van der Waals surface area contributed by atoms with E-state index in [0.717, 1.165) is 16.5 Å². The van der Waals surface area contributed by atoms with E-state index in [9.17, 15) is 9.59 Å². The van der Waals surface area contributed by atoms with Crippen LogP contribution < -0.4 is 14.8 Å².